The summed E-state index contributed by atoms with van der Waals surface area (Å²) in [5.74, 6) is 1.66. The maximum atomic E-state index is 12.3. The molecule has 2 heterocycles. The highest BCUT2D eigenvalue weighted by atomic mass is 32.2. The molecule has 1 atom stereocenters. The third-order valence-corrected chi connectivity index (χ3v) is 4.56. The van der Waals surface area contributed by atoms with E-state index in [0.29, 0.717) is 23.2 Å². The smallest absolute Gasteiger partial charge is 0.293 e. The summed E-state index contributed by atoms with van der Waals surface area (Å²) in [5.41, 5.74) is 0.662. The Bertz CT molecular complexity index is 527. The number of nitrogens with one attached hydrogen (secondary N) is 1. The van der Waals surface area contributed by atoms with E-state index in [4.69, 9.17) is 4.52 Å². The van der Waals surface area contributed by atoms with Gasteiger partial charge >= 0.3 is 0 Å². The van der Waals surface area contributed by atoms with Crippen molar-refractivity contribution in [3.63, 3.8) is 0 Å². The average molecular weight is 295 g/mol. The Kier molecular flexibility index (Phi) is 3.69. The zero-order valence-corrected chi connectivity index (χ0v) is 12.1. The van der Waals surface area contributed by atoms with Crippen LogP contribution < -0.4 is 5.32 Å². The summed E-state index contributed by atoms with van der Waals surface area (Å²) in [4.78, 5) is 26.1. The molecule has 108 valence electrons. The number of hydrogen-bond donors (Lipinski definition) is 1. The Morgan fingerprint density at radius 3 is 3.00 bits per heavy atom. The van der Waals surface area contributed by atoms with Crippen LogP contribution in [0.15, 0.2) is 10.6 Å². The third kappa shape index (κ3) is 2.82. The van der Waals surface area contributed by atoms with Gasteiger partial charge in [-0.15, -0.1) is 11.8 Å². The molecule has 1 saturated carbocycles. The lowest BCUT2D eigenvalue weighted by molar-refractivity contribution is -0.124. The Balaban J connectivity index is 1.64. The van der Waals surface area contributed by atoms with Gasteiger partial charge in [-0.3, -0.25) is 9.59 Å². The molecule has 1 aromatic heterocycles. The zero-order chi connectivity index (χ0) is 14.1. The number of carbonyl (C=O) groups excluding carboxylic acids is 2. The highest BCUT2D eigenvalue weighted by molar-refractivity contribution is 7.99. The number of hydrogen-bond acceptors (Lipinski definition) is 5. The summed E-state index contributed by atoms with van der Waals surface area (Å²) >= 11 is 1.58. The van der Waals surface area contributed by atoms with Crippen molar-refractivity contribution in [1.82, 2.24) is 15.4 Å². The fraction of sp³-hybridized carbons (Fsp3) is 0.615. The van der Waals surface area contributed by atoms with Crippen molar-refractivity contribution in [1.29, 1.82) is 0 Å². The van der Waals surface area contributed by atoms with Gasteiger partial charge in [0.15, 0.2) is 0 Å². The monoisotopic (exact) mass is 295 g/mol. The molecule has 0 radical (unpaired) electrons. The lowest BCUT2D eigenvalue weighted by Crippen LogP contribution is -2.47. The van der Waals surface area contributed by atoms with E-state index in [1.54, 1.807) is 29.7 Å². The first kappa shape index (κ1) is 13.5. The molecule has 2 aliphatic rings. The fourth-order valence-corrected chi connectivity index (χ4v) is 3.30. The standard InChI is InChI=1S/C13H17N3O3S/c1-8-4-11(19-15-8)13(18)16-7-20-6-10(16)12(17)14-5-9-2-3-9/h4,9-10H,2-3,5-7H2,1H3,(H,14,17)/t10-/m0/s1. The van der Waals surface area contributed by atoms with E-state index in [-0.39, 0.29) is 17.6 Å². The molecule has 3 rings (SSSR count). The molecule has 6 nitrogen and oxygen atoms in total. The maximum absolute atomic E-state index is 12.3. The topological polar surface area (TPSA) is 75.4 Å². The number of aromatic nitrogens is 1. The van der Waals surface area contributed by atoms with E-state index in [0.717, 1.165) is 6.54 Å². The largest absolute Gasteiger partial charge is 0.354 e. The minimum atomic E-state index is -0.406. The van der Waals surface area contributed by atoms with Crippen molar-refractivity contribution in [3.8, 4) is 0 Å². The molecule has 20 heavy (non-hydrogen) atoms. The maximum Gasteiger partial charge on any atom is 0.293 e. The molecule has 0 spiro atoms. The number of carbonyl (C=O) groups is 2. The van der Waals surface area contributed by atoms with Gasteiger partial charge < -0.3 is 14.7 Å². The molecule has 2 fully saturated rings. The lowest BCUT2D eigenvalue weighted by Gasteiger charge is -2.21. The number of thioether (sulfide) groups is 1. The highest BCUT2D eigenvalue weighted by Gasteiger charge is 2.37. The van der Waals surface area contributed by atoms with Gasteiger partial charge in [0.05, 0.1) is 11.6 Å². The van der Waals surface area contributed by atoms with E-state index >= 15 is 0 Å². The summed E-state index contributed by atoms with van der Waals surface area (Å²) in [6.07, 6.45) is 2.39. The van der Waals surface area contributed by atoms with E-state index < -0.39 is 6.04 Å². The van der Waals surface area contributed by atoms with Gasteiger partial charge in [-0.2, -0.15) is 0 Å². The predicted molar refractivity (Wildman–Crippen MR) is 74.3 cm³/mol. The van der Waals surface area contributed by atoms with Gasteiger partial charge in [-0.05, 0) is 25.7 Å². The van der Waals surface area contributed by atoms with Crippen LogP contribution in [0, 0.1) is 12.8 Å². The normalized spacial score (nSPS) is 22.1. The first-order valence-corrected chi connectivity index (χ1v) is 7.90. The first-order chi connectivity index (χ1) is 9.65. The van der Waals surface area contributed by atoms with Crippen LogP contribution in [0.25, 0.3) is 0 Å². The predicted octanol–water partition coefficient (Wildman–Crippen LogP) is 1.02. The van der Waals surface area contributed by atoms with Crippen LogP contribution in [-0.2, 0) is 4.79 Å². The molecule has 1 aliphatic carbocycles. The van der Waals surface area contributed by atoms with Gasteiger partial charge in [0.25, 0.3) is 5.91 Å². The molecule has 1 aromatic rings. The van der Waals surface area contributed by atoms with Crippen LogP contribution in [0.5, 0.6) is 0 Å². The molecule has 0 unspecified atom stereocenters. The average Bonchev–Trinajstić information content (AvgIpc) is 2.96. The molecular weight excluding hydrogens is 278 g/mol. The van der Waals surface area contributed by atoms with Crippen LogP contribution in [0.1, 0.15) is 29.1 Å². The minimum absolute atomic E-state index is 0.0634. The molecule has 1 saturated heterocycles. The van der Waals surface area contributed by atoms with Crippen molar-refractivity contribution < 1.29 is 14.1 Å². The summed E-state index contributed by atoms with van der Waals surface area (Å²) < 4.78 is 4.99. The Hall–Kier alpha value is -1.50. The van der Waals surface area contributed by atoms with Crippen molar-refractivity contribution in [2.75, 3.05) is 18.2 Å². The summed E-state index contributed by atoms with van der Waals surface area (Å²) in [6.45, 7) is 2.49. The van der Waals surface area contributed by atoms with Crippen molar-refractivity contribution in [3.05, 3.63) is 17.5 Å². The van der Waals surface area contributed by atoms with Gasteiger partial charge in [-0.1, -0.05) is 5.16 Å². The Morgan fingerprint density at radius 1 is 1.55 bits per heavy atom. The van der Waals surface area contributed by atoms with E-state index in [1.165, 1.54) is 12.8 Å². The number of rotatable bonds is 4. The van der Waals surface area contributed by atoms with Gasteiger partial charge in [0.1, 0.15) is 6.04 Å². The Labute approximate surface area is 121 Å². The summed E-state index contributed by atoms with van der Waals surface area (Å²) in [7, 11) is 0. The van der Waals surface area contributed by atoms with E-state index in [2.05, 4.69) is 10.5 Å². The van der Waals surface area contributed by atoms with E-state index in [1.807, 2.05) is 0 Å². The third-order valence-electron chi connectivity index (χ3n) is 3.55. The van der Waals surface area contributed by atoms with E-state index in [9.17, 15) is 9.59 Å². The summed E-state index contributed by atoms with van der Waals surface area (Å²) in [6, 6.07) is 1.20. The SMILES string of the molecule is Cc1cc(C(=O)N2CSC[C@H]2C(=O)NCC2CC2)on1. The second kappa shape index (κ2) is 5.47. The fourth-order valence-electron chi connectivity index (χ4n) is 2.15. The van der Waals surface area contributed by atoms with Crippen molar-refractivity contribution in [2.45, 2.75) is 25.8 Å². The molecular formula is C13H17N3O3S. The molecule has 1 N–H and O–H groups in total. The van der Waals surface area contributed by atoms with Crippen LogP contribution in [0.3, 0.4) is 0 Å². The Morgan fingerprint density at radius 2 is 2.35 bits per heavy atom. The second-order valence-corrected chi connectivity index (χ2v) is 6.31. The minimum Gasteiger partial charge on any atom is -0.354 e. The lowest BCUT2D eigenvalue weighted by atomic mass is 10.2. The number of nitrogens with zero attached hydrogens (tertiary/aromatic N) is 2. The second-order valence-electron chi connectivity index (χ2n) is 5.31. The quantitative estimate of drug-likeness (QED) is 0.897. The van der Waals surface area contributed by atoms with Crippen LogP contribution >= 0.6 is 11.8 Å². The number of amides is 2. The zero-order valence-electron chi connectivity index (χ0n) is 11.3. The molecule has 2 amide bonds. The molecule has 0 bridgehead atoms. The van der Waals surface area contributed by atoms with Crippen LogP contribution in [0.2, 0.25) is 0 Å². The number of aryl methyl sites for hydroxylation is 1. The van der Waals surface area contributed by atoms with Crippen LogP contribution in [0.4, 0.5) is 0 Å². The molecule has 0 aromatic carbocycles. The highest BCUT2D eigenvalue weighted by Crippen LogP contribution is 2.28. The molecule has 1 aliphatic heterocycles. The first-order valence-electron chi connectivity index (χ1n) is 6.75. The van der Waals surface area contributed by atoms with Gasteiger partial charge in [0.2, 0.25) is 11.7 Å². The van der Waals surface area contributed by atoms with Crippen molar-refractivity contribution >= 4 is 23.6 Å². The van der Waals surface area contributed by atoms with Crippen LogP contribution in [-0.4, -0.2) is 46.1 Å². The van der Waals surface area contributed by atoms with Crippen molar-refractivity contribution in [2.24, 2.45) is 5.92 Å². The van der Waals surface area contributed by atoms with Gasteiger partial charge in [0, 0.05) is 18.4 Å². The molecule has 7 heteroatoms. The summed E-state index contributed by atoms with van der Waals surface area (Å²) in [5, 5.41) is 6.65. The van der Waals surface area contributed by atoms with Gasteiger partial charge in [-0.25, -0.2) is 0 Å².